The third-order valence-corrected chi connectivity index (χ3v) is 4.70. The Balaban J connectivity index is 1.37. The van der Waals surface area contributed by atoms with Crippen LogP contribution < -0.4 is 4.74 Å². The summed E-state index contributed by atoms with van der Waals surface area (Å²) in [4.78, 5) is 4.44. The first-order valence-corrected chi connectivity index (χ1v) is 9.20. The highest BCUT2D eigenvalue weighted by Crippen LogP contribution is 2.24. The maximum Gasteiger partial charge on any atom is 0.137 e. The van der Waals surface area contributed by atoms with Crippen molar-refractivity contribution < 1.29 is 14.2 Å². The molecule has 5 heteroatoms. The van der Waals surface area contributed by atoms with Crippen LogP contribution in [0.3, 0.4) is 0 Å². The molecule has 138 valence electrons. The van der Waals surface area contributed by atoms with Gasteiger partial charge in [-0.2, -0.15) is 0 Å². The van der Waals surface area contributed by atoms with E-state index in [4.69, 9.17) is 20.6 Å². The summed E-state index contributed by atoms with van der Waals surface area (Å²) in [6.45, 7) is 2.71. The molecule has 3 heterocycles. The number of benzene rings is 1. The molecule has 0 aliphatic carbocycles. The van der Waals surface area contributed by atoms with Crippen LogP contribution in [-0.4, -0.2) is 41.9 Å². The topological polar surface area (TPSA) is 45.0 Å². The second-order valence-corrected chi connectivity index (χ2v) is 6.49. The van der Waals surface area contributed by atoms with Gasteiger partial charge < -0.3 is 14.2 Å². The molecule has 1 aromatic carbocycles. The van der Waals surface area contributed by atoms with Crippen molar-refractivity contribution in [2.24, 2.45) is 0 Å². The van der Waals surface area contributed by atoms with Crippen molar-refractivity contribution in [2.75, 3.05) is 26.4 Å². The summed E-state index contributed by atoms with van der Waals surface area (Å²) in [5.74, 6) is 3.49. The molecule has 27 heavy (non-hydrogen) atoms. The first kappa shape index (κ1) is 17.6. The minimum atomic E-state index is 0.299. The summed E-state index contributed by atoms with van der Waals surface area (Å²) in [7, 11) is 0. The molecule has 0 saturated carbocycles. The first-order chi connectivity index (χ1) is 13.3. The van der Waals surface area contributed by atoms with Gasteiger partial charge >= 0.3 is 0 Å². The van der Waals surface area contributed by atoms with Gasteiger partial charge in [0.05, 0.1) is 24.6 Å². The summed E-state index contributed by atoms with van der Waals surface area (Å²) in [6, 6.07) is 11.8. The van der Waals surface area contributed by atoms with Crippen LogP contribution >= 0.6 is 0 Å². The van der Waals surface area contributed by atoms with Crippen LogP contribution in [0.25, 0.3) is 16.9 Å². The van der Waals surface area contributed by atoms with Gasteiger partial charge in [0, 0.05) is 30.5 Å². The molecule has 4 rings (SSSR count). The Kier molecular flexibility index (Phi) is 5.38. The van der Waals surface area contributed by atoms with Crippen molar-refractivity contribution in [3.05, 3.63) is 54.4 Å². The van der Waals surface area contributed by atoms with Crippen molar-refractivity contribution in [1.82, 2.24) is 9.38 Å². The van der Waals surface area contributed by atoms with Gasteiger partial charge in [-0.15, -0.1) is 6.42 Å². The molecular formula is C22H22N2O3. The van der Waals surface area contributed by atoms with Crippen LogP contribution in [0.5, 0.6) is 5.75 Å². The Morgan fingerprint density at radius 1 is 1.11 bits per heavy atom. The van der Waals surface area contributed by atoms with E-state index in [2.05, 4.69) is 10.9 Å². The zero-order valence-electron chi connectivity index (χ0n) is 15.1. The molecule has 0 unspecified atom stereocenters. The molecule has 0 spiro atoms. The quantitative estimate of drug-likeness (QED) is 0.497. The van der Waals surface area contributed by atoms with Crippen molar-refractivity contribution in [3.8, 4) is 29.4 Å². The second kappa shape index (κ2) is 8.26. The largest absolute Gasteiger partial charge is 0.491 e. The second-order valence-electron chi connectivity index (χ2n) is 6.49. The molecular weight excluding hydrogens is 340 g/mol. The van der Waals surface area contributed by atoms with E-state index in [-0.39, 0.29) is 0 Å². The first-order valence-electron chi connectivity index (χ1n) is 9.20. The van der Waals surface area contributed by atoms with Gasteiger partial charge in [0.1, 0.15) is 18.0 Å². The van der Waals surface area contributed by atoms with Gasteiger partial charge in [-0.3, -0.25) is 4.40 Å². The summed E-state index contributed by atoms with van der Waals surface area (Å²) >= 11 is 0. The predicted octanol–water partition coefficient (Wildman–Crippen LogP) is 3.56. The Bertz CT molecular complexity index is 934. The number of aromatic nitrogens is 2. The molecule has 0 radical (unpaired) electrons. The highest BCUT2D eigenvalue weighted by Gasteiger charge is 2.13. The molecule has 5 nitrogen and oxygen atoms in total. The predicted molar refractivity (Wildman–Crippen MR) is 104 cm³/mol. The molecule has 0 amide bonds. The Labute approximate surface area is 158 Å². The fourth-order valence-electron chi connectivity index (χ4n) is 3.22. The van der Waals surface area contributed by atoms with E-state index in [9.17, 15) is 0 Å². The number of imidazole rings is 1. The fraction of sp³-hybridized carbons (Fsp3) is 0.318. The zero-order chi connectivity index (χ0) is 18.5. The smallest absolute Gasteiger partial charge is 0.137 e. The highest BCUT2D eigenvalue weighted by molar-refractivity contribution is 5.65. The van der Waals surface area contributed by atoms with Gasteiger partial charge in [-0.25, -0.2) is 4.98 Å². The van der Waals surface area contributed by atoms with E-state index < -0.39 is 0 Å². The lowest BCUT2D eigenvalue weighted by Crippen LogP contribution is -2.25. The molecule has 0 atom stereocenters. The van der Waals surface area contributed by atoms with Gasteiger partial charge in [0.25, 0.3) is 0 Å². The average Bonchev–Trinajstić information content (AvgIpc) is 3.15. The Morgan fingerprint density at radius 2 is 1.93 bits per heavy atom. The normalized spacial score (nSPS) is 14.9. The minimum absolute atomic E-state index is 0.299. The number of terminal acetylenes is 1. The van der Waals surface area contributed by atoms with Crippen LogP contribution in [0.2, 0.25) is 0 Å². The van der Waals surface area contributed by atoms with Gasteiger partial charge in [0.2, 0.25) is 0 Å². The Hall–Kier alpha value is -2.81. The van der Waals surface area contributed by atoms with E-state index in [0.717, 1.165) is 54.3 Å². The van der Waals surface area contributed by atoms with Gasteiger partial charge in [0.15, 0.2) is 0 Å². The molecule has 0 bridgehead atoms. The van der Waals surface area contributed by atoms with Crippen LogP contribution in [0.1, 0.15) is 18.4 Å². The molecule has 1 saturated heterocycles. The molecule has 2 aromatic heterocycles. The third kappa shape index (κ3) is 4.13. The fourth-order valence-corrected chi connectivity index (χ4v) is 3.22. The number of hydrogen-bond acceptors (Lipinski definition) is 4. The number of ether oxygens (including phenoxy) is 3. The zero-order valence-corrected chi connectivity index (χ0v) is 15.1. The van der Waals surface area contributed by atoms with E-state index in [0.29, 0.717) is 19.3 Å². The molecule has 1 aliphatic heterocycles. The van der Waals surface area contributed by atoms with Crippen molar-refractivity contribution in [3.63, 3.8) is 0 Å². The van der Waals surface area contributed by atoms with Gasteiger partial charge in [-0.1, -0.05) is 5.92 Å². The van der Waals surface area contributed by atoms with Crippen LogP contribution in [0, 0.1) is 12.3 Å². The standard InChI is InChI=1S/C22H22N2O3/c1-2-17-3-8-22-23-15-21(24(22)16-17)18-4-6-19(7-5-18)26-13-14-27-20-9-11-25-12-10-20/h1,3-8,15-16,20H,9-14H2. The van der Waals surface area contributed by atoms with E-state index >= 15 is 0 Å². The lowest BCUT2D eigenvalue weighted by molar-refractivity contribution is -0.0388. The number of pyridine rings is 1. The SMILES string of the molecule is C#Cc1ccc2ncc(-c3ccc(OCCOC4CCOCC4)cc3)n2c1. The summed E-state index contributed by atoms with van der Waals surface area (Å²) in [5, 5.41) is 0. The molecule has 1 aliphatic rings. The van der Waals surface area contributed by atoms with E-state index in [1.165, 1.54) is 0 Å². The van der Waals surface area contributed by atoms with Crippen molar-refractivity contribution in [1.29, 1.82) is 0 Å². The van der Waals surface area contributed by atoms with E-state index in [1.807, 2.05) is 53.2 Å². The summed E-state index contributed by atoms with van der Waals surface area (Å²) in [6.07, 6.45) is 11.5. The lowest BCUT2D eigenvalue weighted by atomic mass is 10.1. The third-order valence-electron chi connectivity index (χ3n) is 4.70. The summed E-state index contributed by atoms with van der Waals surface area (Å²) < 4.78 is 18.9. The molecule has 0 N–H and O–H groups in total. The maximum absolute atomic E-state index is 5.82. The monoisotopic (exact) mass is 362 g/mol. The number of rotatable bonds is 6. The number of nitrogens with zero attached hydrogens (tertiary/aromatic N) is 2. The maximum atomic E-state index is 5.82. The summed E-state index contributed by atoms with van der Waals surface area (Å²) in [5.41, 5.74) is 3.75. The Morgan fingerprint density at radius 3 is 2.70 bits per heavy atom. The van der Waals surface area contributed by atoms with Gasteiger partial charge in [-0.05, 0) is 49.2 Å². The van der Waals surface area contributed by atoms with Crippen LogP contribution in [0.4, 0.5) is 0 Å². The lowest BCUT2D eigenvalue weighted by Gasteiger charge is -2.22. The number of hydrogen-bond donors (Lipinski definition) is 0. The molecule has 3 aromatic rings. The van der Waals surface area contributed by atoms with E-state index in [1.54, 1.807) is 0 Å². The van der Waals surface area contributed by atoms with Crippen molar-refractivity contribution in [2.45, 2.75) is 18.9 Å². The van der Waals surface area contributed by atoms with Crippen molar-refractivity contribution >= 4 is 5.65 Å². The van der Waals surface area contributed by atoms with Crippen LogP contribution in [-0.2, 0) is 9.47 Å². The highest BCUT2D eigenvalue weighted by atomic mass is 16.5. The number of fused-ring (bicyclic) bond motifs is 1. The minimum Gasteiger partial charge on any atom is -0.491 e. The molecule has 1 fully saturated rings. The average molecular weight is 362 g/mol. The van der Waals surface area contributed by atoms with Crippen LogP contribution in [0.15, 0.2) is 48.8 Å².